The summed E-state index contributed by atoms with van der Waals surface area (Å²) in [6, 6.07) is 5.09. The molecule has 0 spiro atoms. The van der Waals surface area contributed by atoms with Crippen LogP contribution in [0.3, 0.4) is 0 Å². The fourth-order valence-electron chi connectivity index (χ4n) is 3.02. The van der Waals surface area contributed by atoms with E-state index >= 15 is 0 Å². The molecule has 0 aliphatic carbocycles. The van der Waals surface area contributed by atoms with Crippen LogP contribution in [0.25, 0.3) is 0 Å². The van der Waals surface area contributed by atoms with E-state index in [1.165, 1.54) is 5.69 Å². The smallest absolute Gasteiger partial charge is 0.0589 e. The summed E-state index contributed by atoms with van der Waals surface area (Å²) < 4.78 is 2.35. The predicted octanol–water partition coefficient (Wildman–Crippen LogP) is 2.27. The van der Waals surface area contributed by atoms with Gasteiger partial charge in [0.05, 0.1) is 12.6 Å². The summed E-state index contributed by atoms with van der Waals surface area (Å²) in [4.78, 5) is 2.49. The second kappa shape index (κ2) is 5.23. The van der Waals surface area contributed by atoms with Crippen LogP contribution in [0, 0.1) is 5.92 Å². The monoisotopic (exact) mass is 236 g/mol. The van der Waals surface area contributed by atoms with Crippen LogP contribution in [0.1, 0.15) is 38.9 Å². The predicted molar refractivity (Wildman–Crippen MR) is 69.9 cm³/mol. The summed E-state index contributed by atoms with van der Waals surface area (Å²) in [5, 5.41) is 9.61. The number of aromatic nitrogens is 1. The molecule has 0 bridgehead atoms. The first-order chi connectivity index (χ1) is 8.19. The Labute approximate surface area is 104 Å². The van der Waals surface area contributed by atoms with Crippen molar-refractivity contribution >= 4 is 0 Å². The van der Waals surface area contributed by atoms with E-state index in [2.05, 4.69) is 48.6 Å². The molecule has 3 nitrogen and oxygen atoms in total. The van der Waals surface area contributed by atoms with Gasteiger partial charge in [0.25, 0.3) is 0 Å². The Morgan fingerprint density at radius 3 is 2.76 bits per heavy atom. The van der Waals surface area contributed by atoms with Crippen LogP contribution in [0.5, 0.6) is 0 Å². The largest absolute Gasteiger partial charge is 0.395 e. The van der Waals surface area contributed by atoms with E-state index in [9.17, 15) is 5.11 Å². The van der Waals surface area contributed by atoms with E-state index in [-0.39, 0.29) is 12.6 Å². The molecule has 1 aromatic heterocycles. The van der Waals surface area contributed by atoms with Gasteiger partial charge in [0.2, 0.25) is 0 Å². The Hall–Kier alpha value is -0.800. The first kappa shape index (κ1) is 12.7. The zero-order valence-corrected chi connectivity index (χ0v) is 11.1. The average molecular weight is 236 g/mol. The van der Waals surface area contributed by atoms with Crippen molar-refractivity contribution in [2.45, 2.75) is 45.8 Å². The van der Waals surface area contributed by atoms with Crippen molar-refractivity contribution in [1.82, 2.24) is 9.47 Å². The van der Waals surface area contributed by atoms with Gasteiger partial charge in [-0.25, -0.2) is 0 Å². The Bertz CT molecular complexity index is 359. The molecule has 1 aromatic rings. The second-order valence-electron chi connectivity index (χ2n) is 5.28. The molecular formula is C14H24N2O. The summed E-state index contributed by atoms with van der Waals surface area (Å²) in [5.74, 6) is 0.496. The maximum Gasteiger partial charge on any atom is 0.0589 e. The van der Waals surface area contributed by atoms with E-state index in [0.717, 1.165) is 19.5 Å². The Morgan fingerprint density at radius 2 is 2.18 bits per heavy atom. The molecule has 2 heterocycles. The molecule has 0 fully saturated rings. The molecule has 0 aromatic carbocycles. The van der Waals surface area contributed by atoms with Gasteiger partial charge in [-0.3, -0.25) is 4.90 Å². The van der Waals surface area contributed by atoms with Crippen molar-refractivity contribution in [3.8, 4) is 0 Å². The molecule has 1 aliphatic rings. The van der Waals surface area contributed by atoms with Gasteiger partial charge in [0, 0.05) is 31.0 Å². The molecule has 1 aliphatic heterocycles. The number of aliphatic hydroxyl groups is 1. The summed E-state index contributed by atoms with van der Waals surface area (Å²) >= 11 is 0. The SMILES string of the molecule is CC[C@@H]1c2cccn2CCN1[C@H](CO)C(C)C. The number of fused-ring (bicyclic) bond motifs is 1. The van der Waals surface area contributed by atoms with Crippen LogP contribution >= 0.6 is 0 Å². The molecule has 0 saturated heterocycles. The number of aliphatic hydroxyl groups excluding tert-OH is 1. The molecule has 1 N–H and O–H groups in total. The molecule has 3 heteroatoms. The van der Waals surface area contributed by atoms with Gasteiger partial charge in [-0.1, -0.05) is 20.8 Å². The number of nitrogens with zero attached hydrogens (tertiary/aromatic N) is 2. The molecule has 2 rings (SSSR count). The van der Waals surface area contributed by atoms with Crippen LogP contribution in [-0.2, 0) is 6.54 Å². The van der Waals surface area contributed by atoms with E-state index < -0.39 is 0 Å². The average Bonchev–Trinajstić information content (AvgIpc) is 2.77. The van der Waals surface area contributed by atoms with Crippen molar-refractivity contribution < 1.29 is 5.11 Å². The second-order valence-corrected chi connectivity index (χ2v) is 5.28. The van der Waals surface area contributed by atoms with Crippen LogP contribution in [-0.4, -0.2) is 33.8 Å². The highest BCUT2D eigenvalue weighted by Crippen LogP contribution is 2.31. The molecule has 0 unspecified atom stereocenters. The lowest BCUT2D eigenvalue weighted by atomic mass is 9.97. The third-order valence-electron chi connectivity index (χ3n) is 3.97. The highest BCUT2D eigenvalue weighted by Gasteiger charge is 2.32. The summed E-state index contributed by atoms with van der Waals surface area (Å²) in [5.41, 5.74) is 1.40. The summed E-state index contributed by atoms with van der Waals surface area (Å²) in [7, 11) is 0. The van der Waals surface area contributed by atoms with Gasteiger partial charge in [0.15, 0.2) is 0 Å². The first-order valence-corrected chi connectivity index (χ1v) is 6.70. The standard InChI is InChI=1S/C14H24N2O/c1-4-12-13-6-5-7-15(13)8-9-16(12)14(10-17)11(2)3/h5-7,11-12,14,17H,4,8-10H2,1-3H3/t12-,14-/m1/s1. The lowest BCUT2D eigenvalue weighted by Crippen LogP contribution is -2.48. The number of rotatable bonds is 4. The topological polar surface area (TPSA) is 28.4 Å². The van der Waals surface area contributed by atoms with Crippen molar-refractivity contribution in [1.29, 1.82) is 0 Å². The molecule has 0 amide bonds. The fourth-order valence-corrected chi connectivity index (χ4v) is 3.02. The van der Waals surface area contributed by atoms with Gasteiger partial charge in [-0.2, -0.15) is 0 Å². The number of hydrogen-bond donors (Lipinski definition) is 1. The molecule has 96 valence electrons. The van der Waals surface area contributed by atoms with E-state index in [1.807, 2.05) is 0 Å². The molecule has 17 heavy (non-hydrogen) atoms. The van der Waals surface area contributed by atoms with Gasteiger partial charge in [-0.15, -0.1) is 0 Å². The highest BCUT2D eigenvalue weighted by molar-refractivity contribution is 5.15. The zero-order valence-electron chi connectivity index (χ0n) is 11.1. The van der Waals surface area contributed by atoms with Gasteiger partial charge >= 0.3 is 0 Å². The Balaban J connectivity index is 2.25. The van der Waals surface area contributed by atoms with E-state index in [1.54, 1.807) is 0 Å². The van der Waals surface area contributed by atoms with Crippen molar-refractivity contribution in [2.24, 2.45) is 5.92 Å². The summed E-state index contributed by atoms with van der Waals surface area (Å²) in [6.07, 6.45) is 3.27. The number of hydrogen-bond acceptors (Lipinski definition) is 2. The van der Waals surface area contributed by atoms with Crippen molar-refractivity contribution in [2.75, 3.05) is 13.2 Å². The van der Waals surface area contributed by atoms with Crippen LogP contribution in [0.4, 0.5) is 0 Å². The van der Waals surface area contributed by atoms with Crippen molar-refractivity contribution in [3.05, 3.63) is 24.0 Å². The minimum Gasteiger partial charge on any atom is -0.395 e. The quantitative estimate of drug-likeness (QED) is 0.868. The lowest BCUT2D eigenvalue weighted by Gasteiger charge is -2.42. The normalized spacial score (nSPS) is 22.8. The third-order valence-corrected chi connectivity index (χ3v) is 3.97. The Kier molecular flexibility index (Phi) is 3.89. The third kappa shape index (κ3) is 2.26. The maximum atomic E-state index is 9.61. The minimum absolute atomic E-state index is 0.259. The summed E-state index contributed by atoms with van der Waals surface area (Å²) in [6.45, 7) is 8.97. The minimum atomic E-state index is 0.259. The van der Waals surface area contributed by atoms with Crippen molar-refractivity contribution in [3.63, 3.8) is 0 Å². The lowest BCUT2D eigenvalue weighted by molar-refractivity contribution is 0.0345. The molecule has 0 saturated carbocycles. The molecule has 0 radical (unpaired) electrons. The Morgan fingerprint density at radius 1 is 1.41 bits per heavy atom. The van der Waals surface area contributed by atoms with Crippen LogP contribution in [0.2, 0.25) is 0 Å². The van der Waals surface area contributed by atoms with Gasteiger partial charge in [0.1, 0.15) is 0 Å². The van der Waals surface area contributed by atoms with E-state index in [4.69, 9.17) is 0 Å². The van der Waals surface area contributed by atoms with E-state index in [0.29, 0.717) is 12.0 Å². The first-order valence-electron chi connectivity index (χ1n) is 6.70. The zero-order chi connectivity index (χ0) is 12.4. The van der Waals surface area contributed by atoms with Gasteiger partial charge < -0.3 is 9.67 Å². The molecule has 2 atom stereocenters. The maximum absolute atomic E-state index is 9.61. The molecular weight excluding hydrogens is 212 g/mol. The van der Waals surface area contributed by atoms with Gasteiger partial charge in [-0.05, 0) is 24.5 Å². The fraction of sp³-hybridized carbons (Fsp3) is 0.714. The van der Waals surface area contributed by atoms with Crippen LogP contribution in [0.15, 0.2) is 18.3 Å². The highest BCUT2D eigenvalue weighted by atomic mass is 16.3. The van der Waals surface area contributed by atoms with Crippen LogP contribution < -0.4 is 0 Å².